The maximum atomic E-state index is 4.27. The second-order valence-corrected chi connectivity index (χ2v) is 5.48. The monoisotopic (exact) mass is 270 g/mol. The first-order valence-electron chi connectivity index (χ1n) is 7.07. The predicted molar refractivity (Wildman–Crippen MR) is 92.4 cm³/mol. The first-order valence-corrected chi connectivity index (χ1v) is 7.07. The van der Waals surface area contributed by atoms with Crippen LogP contribution in [0.2, 0.25) is 0 Å². The summed E-state index contributed by atoms with van der Waals surface area (Å²) in [5.41, 5.74) is 5.47. The highest BCUT2D eigenvalue weighted by Crippen LogP contribution is 2.42. The number of benzene rings is 1. The van der Waals surface area contributed by atoms with E-state index in [4.69, 9.17) is 0 Å². The largest absolute Gasteiger partial charge is 0.386 e. The van der Waals surface area contributed by atoms with Crippen molar-refractivity contribution in [3.05, 3.63) is 42.0 Å². The van der Waals surface area contributed by atoms with Crippen LogP contribution >= 0.6 is 0 Å². The van der Waals surface area contributed by atoms with E-state index in [1.54, 1.807) is 0 Å². The maximum Gasteiger partial charge on any atom is 0.0934 e. The number of rotatable bonds is 6. The number of aliphatic imine (C=N–C) groups is 1. The summed E-state index contributed by atoms with van der Waals surface area (Å²) in [7, 11) is 1.94. The van der Waals surface area contributed by atoms with Crippen molar-refractivity contribution in [1.82, 2.24) is 0 Å². The smallest absolute Gasteiger partial charge is 0.0934 e. The lowest BCUT2D eigenvalue weighted by molar-refractivity contribution is 0.508. The van der Waals surface area contributed by atoms with Gasteiger partial charge in [-0.15, -0.1) is 0 Å². The molecular weight excluding hydrogens is 244 g/mol. The molecule has 0 fully saturated rings. The molecule has 2 nitrogen and oxygen atoms in total. The van der Waals surface area contributed by atoms with Crippen molar-refractivity contribution < 1.29 is 0 Å². The first kappa shape index (κ1) is 16.2. The Balaban J connectivity index is 3.65. The topological polar surface area (TPSA) is 24.4 Å². The first-order chi connectivity index (χ1) is 9.46. The van der Waals surface area contributed by atoms with Crippen LogP contribution in [0, 0.1) is 0 Å². The van der Waals surface area contributed by atoms with Crippen LogP contribution in [0.5, 0.6) is 0 Å². The molecule has 0 spiro atoms. The molecule has 0 aliphatic carbocycles. The fourth-order valence-corrected chi connectivity index (χ4v) is 2.38. The molecule has 20 heavy (non-hydrogen) atoms. The van der Waals surface area contributed by atoms with Crippen molar-refractivity contribution >= 4 is 23.7 Å². The van der Waals surface area contributed by atoms with Crippen LogP contribution < -0.4 is 5.32 Å². The minimum absolute atomic E-state index is 0.0978. The molecule has 0 unspecified atom stereocenters. The lowest BCUT2D eigenvalue weighted by Crippen LogP contribution is -2.18. The third kappa shape index (κ3) is 2.84. The van der Waals surface area contributed by atoms with Gasteiger partial charge in [0.2, 0.25) is 0 Å². The molecule has 0 aliphatic rings. The molecule has 0 bridgehead atoms. The van der Waals surface area contributed by atoms with Crippen molar-refractivity contribution in [2.75, 3.05) is 12.4 Å². The highest BCUT2D eigenvalue weighted by atomic mass is 14.9. The Bertz CT molecular complexity index is 537. The van der Waals surface area contributed by atoms with Crippen LogP contribution in [-0.2, 0) is 5.41 Å². The van der Waals surface area contributed by atoms with E-state index in [0.29, 0.717) is 0 Å². The van der Waals surface area contributed by atoms with E-state index >= 15 is 0 Å². The Morgan fingerprint density at radius 2 is 2.05 bits per heavy atom. The van der Waals surface area contributed by atoms with Crippen molar-refractivity contribution in [3.8, 4) is 0 Å². The van der Waals surface area contributed by atoms with Crippen molar-refractivity contribution in [1.29, 1.82) is 0 Å². The van der Waals surface area contributed by atoms with Crippen LogP contribution in [0.4, 0.5) is 11.4 Å². The number of nitrogens with one attached hydrogen (secondary N) is 1. The van der Waals surface area contributed by atoms with Gasteiger partial charge < -0.3 is 5.32 Å². The molecule has 0 aromatic heterocycles. The fraction of sp³-hybridized carbons (Fsp3) is 0.389. The second kappa shape index (κ2) is 6.56. The van der Waals surface area contributed by atoms with Gasteiger partial charge in [-0.25, -0.2) is 0 Å². The summed E-state index contributed by atoms with van der Waals surface area (Å²) in [6.07, 6.45) is 4.96. The Morgan fingerprint density at radius 1 is 1.40 bits per heavy atom. The standard InChI is InChI=1S/C18H26N2/c1-8-13(9-2)14-11-12-15(18(4,5)10-3)17(20-7)16(14)19-6/h8-9,11-12,20H,1,6,10H2,2-5,7H3. The summed E-state index contributed by atoms with van der Waals surface area (Å²) in [6, 6.07) is 4.31. The predicted octanol–water partition coefficient (Wildman–Crippen LogP) is 5.34. The zero-order valence-electron chi connectivity index (χ0n) is 13.4. The van der Waals surface area contributed by atoms with Gasteiger partial charge in [0.1, 0.15) is 0 Å². The summed E-state index contributed by atoms with van der Waals surface area (Å²) in [6.45, 7) is 16.3. The molecule has 1 aromatic rings. The Hall–Kier alpha value is -1.83. The third-order valence-corrected chi connectivity index (χ3v) is 4.04. The van der Waals surface area contributed by atoms with E-state index in [0.717, 1.165) is 28.9 Å². The molecule has 0 amide bonds. The van der Waals surface area contributed by atoms with E-state index in [1.165, 1.54) is 5.56 Å². The summed E-state index contributed by atoms with van der Waals surface area (Å²) >= 11 is 0. The van der Waals surface area contributed by atoms with Gasteiger partial charge in [0.15, 0.2) is 0 Å². The summed E-state index contributed by atoms with van der Waals surface area (Å²) in [5, 5.41) is 3.30. The summed E-state index contributed by atoms with van der Waals surface area (Å²) < 4.78 is 0. The van der Waals surface area contributed by atoms with Crippen molar-refractivity contribution in [3.63, 3.8) is 0 Å². The quantitative estimate of drug-likeness (QED) is 0.548. The van der Waals surface area contributed by atoms with Gasteiger partial charge in [0, 0.05) is 12.6 Å². The Morgan fingerprint density at radius 3 is 2.45 bits per heavy atom. The van der Waals surface area contributed by atoms with Crippen LogP contribution in [0.3, 0.4) is 0 Å². The minimum Gasteiger partial charge on any atom is -0.386 e. The molecule has 2 heteroatoms. The molecule has 1 N–H and O–H groups in total. The Kier molecular flexibility index (Phi) is 5.32. The van der Waals surface area contributed by atoms with Crippen LogP contribution in [0.1, 0.15) is 45.2 Å². The normalized spacial score (nSPS) is 12.2. The third-order valence-electron chi connectivity index (χ3n) is 4.04. The van der Waals surface area contributed by atoms with Gasteiger partial charge in [0.05, 0.1) is 11.4 Å². The van der Waals surface area contributed by atoms with Crippen LogP contribution in [-0.4, -0.2) is 13.8 Å². The minimum atomic E-state index is 0.0978. The summed E-state index contributed by atoms with van der Waals surface area (Å²) in [5.74, 6) is 0. The maximum absolute atomic E-state index is 4.27. The lowest BCUT2D eigenvalue weighted by Gasteiger charge is -2.28. The van der Waals surface area contributed by atoms with E-state index in [2.05, 4.69) is 56.5 Å². The molecular formula is C18H26N2. The van der Waals surface area contributed by atoms with Gasteiger partial charge in [0.25, 0.3) is 0 Å². The lowest BCUT2D eigenvalue weighted by atomic mass is 9.80. The average molecular weight is 270 g/mol. The molecule has 0 radical (unpaired) electrons. The second-order valence-electron chi connectivity index (χ2n) is 5.48. The number of hydrogen-bond acceptors (Lipinski definition) is 2. The van der Waals surface area contributed by atoms with E-state index < -0.39 is 0 Å². The molecule has 0 saturated carbocycles. The molecule has 108 valence electrons. The van der Waals surface area contributed by atoms with Gasteiger partial charge in [-0.3, -0.25) is 4.99 Å². The Labute approximate surface area is 123 Å². The van der Waals surface area contributed by atoms with Gasteiger partial charge in [-0.2, -0.15) is 0 Å². The number of allylic oxidation sites excluding steroid dienone is 3. The van der Waals surface area contributed by atoms with E-state index in [9.17, 15) is 0 Å². The highest BCUT2D eigenvalue weighted by molar-refractivity contribution is 5.88. The van der Waals surface area contributed by atoms with Crippen molar-refractivity contribution in [2.24, 2.45) is 4.99 Å². The molecule has 1 rings (SSSR count). The highest BCUT2D eigenvalue weighted by Gasteiger charge is 2.24. The molecule has 0 atom stereocenters. The van der Waals surface area contributed by atoms with Crippen LogP contribution in [0.15, 0.2) is 35.9 Å². The molecule has 1 aromatic carbocycles. The molecule has 0 aliphatic heterocycles. The molecule has 0 saturated heterocycles. The van der Waals surface area contributed by atoms with Crippen LogP contribution in [0.25, 0.3) is 5.57 Å². The van der Waals surface area contributed by atoms with Gasteiger partial charge in [-0.1, -0.05) is 51.6 Å². The average Bonchev–Trinajstić information content (AvgIpc) is 2.47. The number of hydrogen-bond donors (Lipinski definition) is 1. The molecule has 0 heterocycles. The zero-order chi connectivity index (χ0) is 15.3. The number of nitrogens with zero attached hydrogens (tertiary/aromatic N) is 1. The van der Waals surface area contributed by atoms with E-state index in [-0.39, 0.29) is 5.41 Å². The van der Waals surface area contributed by atoms with Crippen molar-refractivity contribution in [2.45, 2.75) is 39.5 Å². The zero-order valence-corrected chi connectivity index (χ0v) is 13.4. The SMILES string of the molecule is C=CC(=CC)c1ccc(C(C)(C)CC)c(NC)c1N=C. The van der Waals surface area contributed by atoms with Gasteiger partial charge in [-0.05, 0) is 36.6 Å². The fourth-order valence-electron chi connectivity index (χ4n) is 2.38. The number of anilines is 1. The summed E-state index contributed by atoms with van der Waals surface area (Å²) in [4.78, 5) is 4.27. The van der Waals surface area contributed by atoms with E-state index in [1.807, 2.05) is 26.1 Å². The van der Waals surface area contributed by atoms with Gasteiger partial charge >= 0.3 is 0 Å².